The number of fused-ring (bicyclic) bond motifs is 1. The van der Waals surface area contributed by atoms with Crippen molar-refractivity contribution in [2.45, 2.75) is 0 Å². The van der Waals surface area contributed by atoms with Crippen molar-refractivity contribution >= 4 is 34.2 Å². The van der Waals surface area contributed by atoms with Gasteiger partial charge in [-0.2, -0.15) is 0 Å². The van der Waals surface area contributed by atoms with E-state index in [1.807, 2.05) is 42.5 Å². The van der Waals surface area contributed by atoms with Gasteiger partial charge in [-0.3, -0.25) is 9.59 Å². The second-order valence-corrected chi connectivity index (χ2v) is 6.66. The number of aromatic nitrogens is 2. The third kappa shape index (κ3) is 3.99. The lowest BCUT2D eigenvalue weighted by Crippen LogP contribution is -2.10. The van der Waals surface area contributed by atoms with Crippen LogP contribution in [0, 0.1) is 0 Å². The van der Waals surface area contributed by atoms with Gasteiger partial charge in [-0.15, -0.1) is 0 Å². The fourth-order valence-electron chi connectivity index (χ4n) is 3.16. The molecule has 29 heavy (non-hydrogen) atoms. The zero-order chi connectivity index (χ0) is 20.2. The molecule has 3 aromatic carbocycles. The van der Waals surface area contributed by atoms with E-state index in [0.29, 0.717) is 17.1 Å². The number of imidazole rings is 1. The van der Waals surface area contributed by atoms with Crippen molar-refractivity contribution in [2.24, 2.45) is 7.05 Å². The highest BCUT2D eigenvalue weighted by atomic mass is 16.1. The molecule has 4 rings (SSSR count). The van der Waals surface area contributed by atoms with Gasteiger partial charge in [0.2, 0.25) is 11.7 Å². The summed E-state index contributed by atoms with van der Waals surface area (Å²) in [6, 6.07) is 20.8. The van der Waals surface area contributed by atoms with Crippen LogP contribution in [-0.2, 0) is 11.8 Å². The second-order valence-electron chi connectivity index (χ2n) is 6.66. The van der Waals surface area contributed by atoms with Gasteiger partial charge >= 0.3 is 0 Å². The van der Waals surface area contributed by atoms with Crippen LogP contribution in [0.3, 0.4) is 0 Å². The molecule has 0 aliphatic heterocycles. The molecule has 4 aromatic rings. The normalized spacial score (nSPS) is 11.1. The van der Waals surface area contributed by atoms with Crippen LogP contribution in [0.15, 0.2) is 85.2 Å². The maximum absolute atomic E-state index is 12.4. The summed E-state index contributed by atoms with van der Waals surface area (Å²) in [6.45, 7) is 0. The number of carbonyl (C=O) groups excluding carboxylic acids is 2. The zero-order valence-corrected chi connectivity index (χ0v) is 15.9. The van der Waals surface area contributed by atoms with E-state index in [2.05, 4.69) is 10.3 Å². The molecule has 5 nitrogen and oxygen atoms in total. The van der Waals surface area contributed by atoms with E-state index in [0.717, 1.165) is 16.3 Å². The van der Waals surface area contributed by atoms with E-state index in [9.17, 15) is 9.59 Å². The van der Waals surface area contributed by atoms with E-state index in [4.69, 9.17) is 0 Å². The minimum Gasteiger partial charge on any atom is -0.331 e. The Balaban J connectivity index is 1.45. The van der Waals surface area contributed by atoms with Crippen molar-refractivity contribution in [3.63, 3.8) is 0 Å². The Morgan fingerprint density at radius 3 is 2.48 bits per heavy atom. The lowest BCUT2D eigenvalue weighted by Gasteiger charge is -2.05. The first-order chi connectivity index (χ1) is 14.1. The Morgan fingerprint density at radius 2 is 1.72 bits per heavy atom. The Hall–Kier alpha value is -3.99. The molecule has 5 heteroatoms. The van der Waals surface area contributed by atoms with E-state index < -0.39 is 0 Å². The number of nitrogens with zero attached hydrogens (tertiary/aromatic N) is 2. The molecule has 1 N–H and O–H groups in total. The topological polar surface area (TPSA) is 64.0 Å². The number of aryl methyl sites for hydroxylation is 1. The average Bonchev–Trinajstić information content (AvgIpc) is 3.18. The zero-order valence-electron chi connectivity index (χ0n) is 15.9. The molecular formula is C24H19N3O2. The fourth-order valence-corrected chi connectivity index (χ4v) is 3.16. The summed E-state index contributed by atoms with van der Waals surface area (Å²) in [5.41, 5.74) is 2.12. The standard InChI is InChI=1S/C24H19N3O2/c1-27-16-15-25-24(27)23(29)19-9-12-20(13-10-19)26-22(28)14-11-18-7-4-6-17-5-2-3-8-21(17)18/h2-16H,1H3,(H,26,28)/b14-11+. The summed E-state index contributed by atoms with van der Waals surface area (Å²) in [6.07, 6.45) is 6.62. The number of ketones is 1. The minimum atomic E-state index is -0.235. The van der Waals surface area contributed by atoms with Gasteiger partial charge < -0.3 is 9.88 Å². The van der Waals surface area contributed by atoms with E-state index >= 15 is 0 Å². The summed E-state index contributed by atoms with van der Waals surface area (Å²) in [5.74, 6) is -0.0212. The fraction of sp³-hybridized carbons (Fsp3) is 0.0417. The lowest BCUT2D eigenvalue weighted by atomic mass is 10.0. The lowest BCUT2D eigenvalue weighted by molar-refractivity contribution is -0.111. The summed E-state index contributed by atoms with van der Waals surface area (Å²) in [5, 5.41) is 5.04. The van der Waals surface area contributed by atoms with Crippen LogP contribution >= 0.6 is 0 Å². The first-order valence-corrected chi connectivity index (χ1v) is 9.21. The molecule has 0 unspecified atom stereocenters. The van der Waals surface area contributed by atoms with Gasteiger partial charge in [0.15, 0.2) is 5.82 Å². The Morgan fingerprint density at radius 1 is 0.966 bits per heavy atom. The van der Waals surface area contributed by atoms with Crippen molar-refractivity contribution in [1.82, 2.24) is 9.55 Å². The Labute approximate surface area is 168 Å². The van der Waals surface area contributed by atoms with Crippen LogP contribution in [0.5, 0.6) is 0 Å². The molecule has 0 spiro atoms. The van der Waals surface area contributed by atoms with Crippen LogP contribution in [-0.4, -0.2) is 21.2 Å². The van der Waals surface area contributed by atoms with Gasteiger partial charge in [-0.25, -0.2) is 4.98 Å². The van der Waals surface area contributed by atoms with E-state index in [1.165, 1.54) is 6.08 Å². The molecule has 0 fully saturated rings. The number of benzene rings is 3. The molecular weight excluding hydrogens is 362 g/mol. The Kier molecular flexibility index (Phi) is 5.03. The molecule has 0 saturated heterocycles. The predicted molar refractivity (Wildman–Crippen MR) is 115 cm³/mol. The first-order valence-electron chi connectivity index (χ1n) is 9.21. The maximum atomic E-state index is 12.4. The van der Waals surface area contributed by atoms with Crippen molar-refractivity contribution in [3.05, 3.63) is 102 Å². The number of carbonyl (C=O) groups is 2. The molecule has 1 heterocycles. The average molecular weight is 381 g/mol. The van der Waals surface area contributed by atoms with E-state index in [-0.39, 0.29) is 11.7 Å². The number of amides is 1. The van der Waals surface area contributed by atoms with E-state index in [1.54, 1.807) is 54.3 Å². The van der Waals surface area contributed by atoms with Gasteiger partial charge in [-0.05, 0) is 46.7 Å². The van der Waals surface area contributed by atoms with Gasteiger partial charge in [-0.1, -0.05) is 42.5 Å². The number of rotatable bonds is 5. The number of hydrogen-bond donors (Lipinski definition) is 1. The smallest absolute Gasteiger partial charge is 0.248 e. The van der Waals surface area contributed by atoms with Gasteiger partial charge in [0.1, 0.15) is 0 Å². The molecule has 0 saturated carbocycles. The molecule has 0 bridgehead atoms. The van der Waals surface area contributed by atoms with Crippen LogP contribution in [0.25, 0.3) is 16.8 Å². The van der Waals surface area contributed by atoms with Crippen LogP contribution in [0.1, 0.15) is 21.7 Å². The number of anilines is 1. The van der Waals surface area contributed by atoms with Gasteiger partial charge in [0, 0.05) is 36.8 Å². The largest absolute Gasteiger partial charge is 0.331 e. The molecule has 1 aromatic heterocycles. The highest BCUT2D eigenvalue weighted by Crippen LogP contribution is 2.20. The van der Waals surface area contributed by atoms with Crippen molar-refractivity contribution in [1.29, 1.82) is 0 Å². The molecule has 0 radical (unpaired) electrons. The molecule has 0 aliphatic rings. The Bertz CT molecular complexity index is 1220. The maximum Gasteiger partial charge on any atom is 0.248 e. The molecule has 0 aliphatic carbocycles. The summed E-state index contributed by atoms with van der Waals surface area (Å²) >= 11 is 0. The highest BCUT2D eigenvalue weighted by molar-refractivity contribution is 6.07. The third-order valence-electron chi connectivity index (χ3n) is 4.68. The SMILES string of the molecule is Cn1ccnc1C(=O)c1ccc(NC(=O)/C=C/c2cccc3ccccc23)cc1. The van der Waals surface area contributed by atoms with Crippen LogP contribution < -0.4 is 5.32 Å². The van der Waals surface area contributed by atoms with Crippen LogP contribution in [0.2, 0.25) is 0 Å². The molecule has 0 atom stereocenters. The summed E-state index contributed by atoms with van der Waals surface area (Å²) in [7, 11) is 1.77. The first kappa shape index (κ1) is 18.4. The summed E-state index contributed by atoms with van der Waals surface area (Å²) in [4.78, 5) is 28.8. The number of nitrogens with one attached hydrogen (secondary N) is 1. The highest BCUT2D eigenvalue weighted by Gasteiger charge is 2.13. The van der Waals surface area contributed by atoms with Gasteiger partial charge in [0.25, 0.3) is 0 Å². The third-order valence-corrected chi connectivity index (χ3v) is 4.68. The second kappa shape index (κ2) is 7.94. The minimum absolute atomic E-state index is 0.161. The van der Waals surface area contributed by atoms with Crippen molar-refractivity contribution < 1.29 is 9.59 Å². The molecule has 142 valence electrons. The number of hydrogen-bond acceptors (Lipinski definition) is 3. The van der Waals surface area contributed by atoms with Crippen molar-refractivity contribution in [3.8, 4) is 0 Å². The predicted octanol–water partition coefficient (Wildman–Crippen LogP) is 4.46. The van der Waals surface area contributed by atoms with Crippen molar-refractivity contribution in [2.75, 3.05) is 5.32 Å². The molecule has 1 amide bonds. The monoisotopic (exact) mass is 381 g/mol. The van der Waals surface area contributed by atoms with Crippen LogP contribution in [0.4, 0.5) is 5.69 Å². The summed E-state index contributed by atoms with van der Waals surface area (Å²) < 4.78 is 1.68. The quantitative estimate of drug-likeness (QED) is 0.410. The van der Waals surface area contributed by atoms with Gasteiger partial charge in [0.05, 0.1) is 0 Å².